The molecule has 73 heavy (non-hydrogen) atoms. The normalized spacial score (nSPS) is 13.8. The van der Waals surface area contributed by atoms with Gasteiger partial charge in [-0.15, -0.1) is 0 Å². The van der Waals surface area contributed by atoms with Gasteiger partial charge < -0.3 is 28.8 Å². The molecule has 0 unspecified atom stereocenters. The summed E-state index contributed by atoms with van der Waals surface area (Å²) < 4.78 is 53.7. The Morgan fingerprint density at radius 2 is 0.644 bits per heavy atom. The van der Waals surface area contributed by atoms with E-state index in [2.05, 4.69) is 264 Å². The van der Waals surface area contributed by atoms with E-state index < -0.39 is 85.6 Å². The van der Waals surface area contributed by atoms with Gasteiger partial charge in [0.15, 0.2) is 59.7 Å². The van der Waals surface area contributed by atoms with Gasteiger partial charge in [0.05, 0.1) is 0 Å². The molecule has 0 aliphatic rings. The molecule has 0 saturated heterocycles. The molecule has 0 amide bonds. The maximum Gasteiger partial charge on any atom is 0.505 e. The van der Waals surface area contributed by atoms with Gasteiger partial charge in [-0.25, -0.2) is 0 Å². The Morgan fingerprint density at radius 3 is 0.945 bits per heavy atom. The molecule has 5 aromatic carbocycles. The number of rotatable bonds is 30. The van der Waals surface area contributed by atoms with Crippen molar-refractivity contribution in [1.82, 2.24) is 0 Å². The van der Waals surface area contributed by atoms with Crippen LogP contribution in [0.25, 0.3) is 0 Å². The molecule has 17 heteroatoms. The number of hydrogen-bond donors (Lipinski definition) is 0. The molecule has 0 fully saturated rings. The van der Waals surface area contributed by atoms with E-state index in [1.807, 2.05) is 0 Å². The Bertz CT molecular complexity index is 2300. The molecule has 0 N–H and O–H groups in total. The van der Waals surface area contributed by atoms with E-state index in [1.54, 1.807) is 0 Å². The van der Waals surface area contributed by atoms with Crippen molar-refractivity contribution < 1.29 is 28.8 Å². The summed E-state index contributed by atoms with van der Waals surface area (Å²) in [6.45, 7) is 40.3. The Hall–Kier alpha value is -2.01. The molecular weight excluding hydrogens is 1070 g/mol. The van der Waals surface area contributed by atoms with Gasteiger partial charge in [0.1, 0.15) is 0 Å². The minimum atomic E-state index is -3.40. The van der Waals surface area contributed by atoms with Crippen LogP contribution < -0.4 is 25.9 Å². The Balaban J connectivity index is 1.54. The van der Waals surface area contributed by atoms with Crippen molar-refractivity contribution in [3.63, 3.8) is 0 Å². The van der Waals surface area contributed by atoms with Crippen molar-refractivity contribution in [2.24, 2.45) is 0 Å². The molecule has 400 valence electrons. The summed E-state index contributed by atoms with van der Waals surface area (Å²) >= 11 is 0. The predicted molar refractivity (Wildman–Crippen MR) is 338 cm³/mol. The van der Waals surface area contributed by atoms with Crippen LogP contribution in [0, 0.1) is 0 Å². The quantitative estimate of drug-likeness (QED) is 0.0425. The van der Waals surface area contributed by atoms with E-state index in [4.69, 9.17) is 28.8 Å². The highest BCUT2D eigenvalue weighted by Crippen LogP contribution is 2.52. The molecule has 0 atom stereocenters. The Labute approximate surface area is 456 Å². The molecule has 7 nitrogen and oxygen atoms in total. The van der Waals surface area contributed by atoms with E-state index in [0.717, 1.165) is 55.0 Å². The number of hydrogen-bond acceptors (Lipinski definition) is 7. The van der Waals surface area contributed by atoms with Crippen molar-refractivity contribution in [3.8, 4) is 0 Å². The smallest absolute Gasteiger partial charge is 0.430 e. The van der Waals surface area contributed by atoms with E-state index in [0.29, 0.717) is 0 Å². The first-order valence-electron chi connectivity index (χ1n) is 27.4. The highest BCUT2D eigenvalue weighted by molar-refractivity contribution is 7.04. The topological polar surface area (TPSA) is 64.6 Å². The van der Waals surface area contributed by atoms with Gasteiger partial charge in [-0.1, -0.05) is 192 Å². The second-order valence-electron chi connectivity index (χ2n) is 23.7. The molecule has 0 aliphatic heterocycles. The third kappa shape index (κ3) is 16.3. The second kappa shape index (κ2) is 26.1. The molecule has 0 bridgehead atoms. The van der Waals surface area contributed by atoms with Crippen LogP contribution in [0.4, 0.5) is 0 Å². The number of benzene rings is 5. The van der Waals surface area contributed by atoms with Crippen LogP contribution in [0.5, 0.6) is 0 Å². The predicted octanol–water partition coefficient (Wildman–Crippen LogP) is 12.8. The average molecular weight is 1160 g/mol. The summed E-state index contributed by atoms with van der Waals surface area (Å²) in [5.41, 5.74) is 0. The largest absolute Gasteiger partial charge is 0.505 e. The third-order valence-electron chi connectivity index (χ3n) is 14.6. The van der Waals surface area contributed by atoms with Crippen molar-refractivity contribution in [2.45, 2.75) is 167 Å². The Kier molecular flexibility index (Phi) is 22.1. The fraction of sp³-hybridized carbons (Fsp3) is 0.464. The summed E-state index contributed by atoms with van der Waals surface area (Å²) in [5.74, 6) is 0. The third-order valence-corrected chi connectivity index (χ3v) is 52.9. The molecule has 0 heterocycles. The molecule has 0 aliphatic carbocycles. The molecule has 5 rings (SSSR count). The van der Waals surface area contributed by atoms with E-state index >= 15 is 0 Å². The van der Waals surface area contributed by atoms with Crippen molar-refractivity contribution in [3.05, 3.63) is 152 Å². The van der Waals surface area contributed by atoms with Crippen molar-refractivity contribution in [2.75, 3.05) is 0 Å². The lowest BCUT2D eigenvalue weighted by Gasteiger charge is -2.51. The minimum Gasteiger partial charge on any atom is -0.430 e. The van der Waals surface area contributed by atoms with Crippen molar-refractivity contribution in [1.29, 1.82) is 0 Å². The van der Waals surface area contributed by atoms with Crippen LogP contribution in [0.1, 0.15) is 46.5 Å². The lowest BCUT2D eigenvalue weighted by atomic mass is 9.99. The first-order chi connectivity index (χ1) is 34.2. The van der Waals surface area contributed by atoms with Crippen LogP contribution in [0.15, 0.2) is 152 Å². The van der Waals surface area contributed by atoms with Crippen LogP contribution in [0.3, 0.4) is 0 Å². The van der Waals surface area contributed by atoms with Crippen molar-refractivity contribution >= 4 is 112 Å². The fourth-order valence-electron chi connectivity index (χ4n) is 10.7. The SMILES string of the molecule is CCC[Si](C)(C)O[Si](O[Si](C)(C)CC[Si](C)(C)O[Si](O[Si](C)(C)C(CC)(CC)CC[Si](C)(C)O[Si](O[SiH](C)C)(O[SiH](C)C)c1ccccc1)(c1ccccc1)c1ccccc1)(c1ccccc1)c1ccccc1. The summed E-state index contributed by atoms with van der Waals surface area (Å²) in [7, 11) is -25.1. The van der Waals surface area contributed by atoms with E-state index in [9.17, 15) is 0 Å². The summed E-state index contributed by atoms with van der Waals surface area (Å²) in [6, 6.07) is 58.4. The Morgan fingerprint density at radius 1 is 0.356 bits per heavy atom. The van der Waals surface area contributed by atoms with Crippen LogP contribution in [-0.2, 0) is 28.8 Å². The summed E-state index contributed by atoms with van der Waals surface area (Å²) in [4.78, 5) is 0. The monoisotopic (exact) mass is 1160 g/mol. The van der Waals surface area contributed by atoms with Crippen LogP contribution >= 0.6 is 0 Å². The highest BCUT2D eigenvalue weighted by Gasteiger charge is 2.58. The molecule has 0 saturated carbocycles. The van der Waals surface area contributed by atoms with Gasteiger partial charge in [-0.05, 0) is 148 Å². The molecule has 0 radical (unpaired) electrons. The lowest BCUT2D eigenvalue weighted by Crippen LogP contribution is -2.72. The van der Waals surface area contributed by atoms with Gasteiger partial charge in [0.25, 0.3) is 0 Å². The van der Waals surface area contributed by atoms with E-state index in [1.165, 1.54) is 20.7 Å². The first kappa shape index (κ1) is 61.8. The van der Waals surface area contributed by atoms with Gasteiger partial charge in [0, 0.05) is 5.19 Å². The molecule has 5 aromatic rings. The minimum absolute atomic E-state index is 0.0593. The van der Waals surface area contributed by atoms with Gasteiger partial charge in [-0.3, -0.25) is 0 Å². The highest BCUT2D eigenvalue weighted by atomic mass is 28.5. The van der Waals surface area contributed by atoms with E-state index in [-0.39, 0.29) is 5.04 Å². The first-order valence-corrected chi connectivity index (χ1v) is 53.7. The molecule has 0 aromatic heterocycles. The van der Waals surface area contributed by atoms with Gasteiger partial charge in [-0.2, -0.15) is 0 Å². The lowest BCUT2D eigenvalue weighted by molar-refractivity contribution is 0.280. The maximum absolute atomic E-state index is 8.33. The second-order valence-corrected chi connectivity index (χ2v) is 60.5. The summed E-state index contributed by atoms with van der Waals surface area (Å²) in [6.07, 6.45) is 4.13. The zero-order valence-corrected chi connectivity index (χ0v) is 58.4. The zero-order valence-electron chi connectivity index (χ0n) is 48.1. The molecular formula is C56H94O7Si10. The average Bonchev–Trinajstić information content (AvgIpc) is 3.34. The fourth-order valence-corrected chi connectivity index (χ4v) is 55.3. The zero-order chi connectivity index (χ0) is 53.8. The standard InChI is InChI=1S/C56H94O7Si10/c1-18-47-66(8,9)59-71(51-36-26-21-27-37-51,52-38-28-22-29-39-52)60-68(12,13)49-50-69(14,15)61-72(53-40-30-23-31-41-53,54-42-32-24-33-43-54)63-70(16,17)56(19-2,20-3)46-48-67(10,11)62-73(57-64(4)5,58-65(6)7)55-44-34-25-35-45-55/h21-45,64-65H,18-20,46-50H2,1-17H3. The molecule has 0 spiro atoms. The summed E-state index contributed by atoms with van der Waals surface area (Å²) in [5, 5.41) is 5.76. The van der Waals surface area contributed by atoms with Gasteiger partial charge >= 0.3 is 25.9 Å². The maximum atomic E-state index is 8.33. The van der Waals surface area contributed by atoms with Crippen LogP contribution in [0.2, 0.25) is 121 Å². The van der Waals surface area contributed by atoms with Gasteiger partial charge in [0.2, 0.25) is 0 Å². The van der Waals surface area contributed by atoms with Crippen LogP contribution in [-0.4, -0.2) is 85.6 Å².